The Hall–Kier alpha value is -3.04. The van der Waals surface area contributed by atoms with Gasteiger partial charge in [0.15, 0.2) is 0 Å². The Morgan fingerprint density at radius 3 is 2.58 bits per heavy atom. The van der Waals surface area contributed by atoms with E-state index in [0.717, 1.165) is 21.8 Å². The molecular weight excluding hydrogens is 336 g/mol. The van der Waals surface area contributed by atoms with Crippen molar-refractivity contribution in [1.29, 1.82) is 0 Å². The molecule has 2 aromatic carbocycles. The molecule has 2 nitrogen and oxygen atoms in total. The van der Waals surface area contributed by atoms with Crippen molar-refractivity contribution >= 4 is 31.6 Å². The van der Waals surface area contributed by atoms with Crippen LogP contribution in [-0.2, 0) is 0 Å². The van der Waals surface area contributed by atoms with Gasteiger partial charge in [0.1, 0.15) is 4.83 Å². The molecule has 3 heterocycles. The Kier molecular flexibility index (Phi) is 3.54. The molecule has 0 unspecified atom stereocenters. The van der Waals surface area contributed by atoms with E-state index in [4.69, 9.17) is 4.98 Å². The van der Waals surface area contributed by atoms with Crippen LogP contribution in [0.5, 0.6) is 0 Å². The molecule has 3 aromatic heterocycles. The van der Waals surface area contributed by atoms with Gasteiger partial charge in [0, 0.05) is 32.9 Å². The number of benzene rings is 2. The van der Waals surface area contributed by atoms with Gasteiger partial charge < -0.3 is 0 Å². The number of hydrogen-bond acceptors (Lipinski definition) is 3. The van der Waals surface area contributed by atoms with E-state index in [1.54, 1.807) is 11.3 Å². The normalized spacial score (nSPS) is 11.3. The lowest BCUT2D eigenvalue weighted by Gasteiger charge is -2.07. The van der Waals surface area contributed by atoms with Crippen molar-refractivity contribution in [3.05, 3.63) is 84.7 Å². The summed E-state index contributed by atoms with van der Waals surface area (Å²) in [4.78, 5) is 10.5. The average molecular weight is 352 g/mol. The van der Waals surface area contributed by atoms with Gasteiger partial charge in [-0.05, 0) is 48.4 Å². The van der Waals surface area contributed by atoms with Crippen LogP contribution in [0.1, 0.15) is 5.69 Å². The lowest BCUT2D eigenvalue weighted by molar-refractivity contribution is 1.27. The predicted molar refractivity (Wildman–Crippen MR) is 111 cm³/mol. The third kappa shape index (κ3) is 2.49. The number of pyridine rings is 2. The van der Waals surface area contributed by atoms with Crippen LogP contribution in [0.2, 0.25) is 0 Å². The van der Waals surface area contributed by atoms with Crippen LogP contribution in [0.25, 0.3) is 42.7 Å². The van der Waals surface area contributed by atoms with Crippen molar-refractivity contribution in [2.75, 3.05) is 0 Å². The first-order chi connectivity index (χ1) is 12.8. The molecule has 0 radical (unpaired) electrons. The zero-order chi connectivity index (χ0) is 17.5. The van der Waals surface area contributed by atoms with Gasteiger partial charge >= 0.3 is 0 Å². The van der Waals surface area contributed by atoms with Gasteiger partial charge in [-0.25, -0.2) is 4.98 Å². The zero-order valence-corrected chi connectivity index (χ0v) is 15.1. The molecule has 5 rings (SSSR count). The highest BCUT2D eigenvalue weighted by atomic mass is 32.1. The molecule has 0 aliphatic heterocycles. The minimum Gasteiger partial charge on any atom is -0.256 e. The van der Waals surface area contributed by atoms with Crippen molar-refractivity contribution in [3.8, 4) is 22.4 Å². The van der Waals surface area contributed by atoms with Gasteiger partial charge in [0.05, 0.1) is 5.69 Å². The van der Waals surface area contributed by atoms with Gasteiger partial charge in [-0.3, -0.25) is 4.98 Å². The van der Waals surface area contributed by atoms with Gasteiger partial charge in [0.2, 0.25) is 0 Å². The fourth-order valence-corrected chi connectivity index (χ4v) is 4.55. The number of thiophene rings is 1. The van der Waals surface area contributed by atoms with Crippen LogP contribution in [0, 0.1) is 6.92 Å². The lowest BCUT2D eigenvalue weighted by atomic mass is 10.0. The van der Waals surface area contributed by atoms with E-state index in [0.29, 0.717) is 0 Å². The van der Waals surface area contributed by atoms with Crippen LogP contribution in [0.15, 0.2) is 79.0 Å². The molecule has 0 fully saturated rings. The molecule has 124 valence electrons. The summed E-state index contributed by atoms with van der Waals surface area (Å²) in [6.45, 7) is 2.04. The SMILES string of the molecule is Cc1ccc2c(n1)sc1cccc(-c3cc(-c4ccccc4)ccn3)c12. The van der Waals surface area contributed by atoms with Gasteiger partial charge in [-0.15, -0.1) is 11.3 Å². The summed E-state index contributed by atoms with van der Waals surface area (Å²) in [5, 5.41) is 2.45. The number of nitrogens with zero attached hydrogens (tertiary/aromatic N) is 2. The summed E-state index contributed by atoms with van der Waals surface area (Å²) in [7, 11) is 0. The number of fused-ring (bicyclic) bond motifs is 3. The largest absolute Gasteiger partial charge is 0.256 e. The molecule has 0 aliphatic rings. The molecule has 0 atom stereocenters. The molecule has 3 heteroatoms. The second kappa shape index (κ2) is 6.04. The van der Waals surface area contributed by atoms with E-state index in [9.17, 15) is 0 Å². The Labute approximate surface area is 155 Å². The summed E-state index contributed by atoms with van der Waals surface area (Å²) in [6, 6.07) is 25.4. The third-order valence-electron chi connectivity index (χ3n) is 4.64. The van der Waals surface area contributed by atoms with Crippen LogP contribution in [0.4, 0.5) is 0 Å². The van der Waals surface area contributed by atoms with Crippen LogP contribution < -0.4 is 0 Å². The second-order valence-corrected chi connectivity index (χ2v) is 7.41. The monoisotopic (exact) mass is 352 g/mol. The van der Waals surface area contributed by atoms with E-state index in [1.165, 1.54) is 26.6 Å². The van der Waals surface area contributed by atoms with Crippen molar-refractivity contribution < 1.29 is 0 Å². The minimum atomic E-state index is 0.997. The predicted octanol–water partition coefficient (Wildman–Crippen LogP) is 6.49. The highest BCUT2D eigenvalue weighted by Crippen LogP contribution is 2.39. The highest BCUT2D eigenvalue weighted by molar-refractivity contribution is 7.25. The Morgan fingerprint density at radius 2 is 1.69 bits per heavy atom. The van der Waals surface area contributed by atoms with Crippen LogP contribution in [-0.4, -0.2) is 9.97 Å². The summed E-state index contributed by atoms with van der Waals surface area (Å²) in [6.07, 6.45) is 1.90. The van der Waals surface area contributed by atoms with Crippen LogP contribution in [0.3, 0.4) is 0 Å². The summed E-state index contributed by atoms with van der Waals surface area (Å²) in [5.41, 5.74) is 5.60. The van der Waals surface area contributed by atoms with Crippen molar-refractivity contribution in [3.63, 3.8) is 0 Å². The Balaban J connectivity index is 1.76. The van der Waals surface area contributed by atoms with Crippen molar-refractivity contribution in [2.24, 2.45) is 0 Å². The van der Waals surface area contributed by atoms with E-state index >= 15 is 0 Å². The molecule has 0 bridgehead atoms. The fraction of sp³-hybridized carbons (Fsp3) is 0.0435. The van der Waals surface area contributed by atoms with Crippen molar-refractivity contribution in [2.45, 2.75) is 6.92 Å². The first kappa shape index (κ1) is 15.2. The number of rotatable bonds is 2. The van der Waals surface area contributed by atoms with E-state index in [2.05, 4.69) is 71.7 Å². The van der Waals surface area contributed by atoms with E-state index < -0.39 is 0 Å². The standard InChI is InChI=1S/C23H16N2S/c1-15-10-11-19-22-18(8-5-9-21(22)26-23(19)25-15)20-14-17(12-13-24-20)16-6-3-2-4-7-16/h2-14H,1H3. The average Bonchev–Trinajstić information content (AvgIpc) is 3.06. The molecule has 0 saturated heterocycles. The smallest absolute Gasteiger partial charge is 0.124 e. The summed E-state index contributed by atoms with van der Waals surface area (Å²) in [5.74, 6) is 0. The Bertz CT molecular complexity index is 1240. The molecule has 26 heavy (non-hydrogen) atoms. The maximum absolute atomic E-state index is 4.71. The maximum Gasteiger partial charge on any atom is 0.124 e. The van der Waals surface area contributed by atoms with Crippen molar-refractivity contribution in [1.82, 2.24) is 9.97 Å². The van der Waals surface area contributed by atoms with E-state index in [1.807, 2.05) is 19.2 Å². The fourth-order valence-electron chi connectivity index (χ4n) is 3.40. The first-order valence-electron chi connectivity index (χ1n) is 8.60. The summed E-state index contributed by atoms with van der Waals surface area (Å²) >= 11 is 1.75. The molecule has 5 aromatic rings. The molecule has 0 saturated carbocycles. The first-order valence-corrected chi connectivity index (χ1v) is 9.42. The molecule has 0 aliphatic carbocycles. The minimum absolute atomic E-state index is 0.997. The molecule has 0 spiro atoms. The quantitative estimate of drug-likeness (QED) is 0.363. The Morgan fingerprint density at radius 1 is 0.808 bits per heavy atom. The van der Waals surface area contributed by atoms with Crippen LogP contribution >= 0.6 is 11.3 Å². The van der Waals surface area contributed by atoms with Gasteiger partial charge in [-0.2, -0.15) is 0 Å². The van der Waals surface area contributed by atoms with Gasteiger partial charge in [0.25, 0.3) is 0 Å². The second-order valence-electron chi connectivity index (χ2n) is 6.38. The highest BCUT2D eigenvalue weighted by Gasteiger charge is 2.13. The number of aryl methyl sites for hydroxylation is 1. The van der Waals surface area contributed by atoms with E-state index in [-0.39, 0.29) is 0 Å². The molecular formula is C23H16N2S. The zero-order valence-electron chi connectivity index (χ0n) is 14.3. The number of aromatic nitrogens is 2. The topological polar surface area (TPSA) is 25.8 Å². The maximum atomic E-state index is 4.71. The lowest BCUT2D eigenvalue weighted by Crippen LogP contribution is -1.86. The molecule has 0 N–H and O–H groups in total. The number of hydrogen-bond donors (Lipinski definition) is 0. The summed E-state index contributed by atoms with van der Waals surface area (Å²) < 4.78 is 1.25. The third-order valence-corrected chi connectivity index (χ3v) is 5.71. The van der Waals surface area contributed by atoms with Gasteiger partial charge in [-0.1, -0.05) is 42.5 Å². The molecule has 0 amide bonds.